The summed E-state index contributed by atoms with van der Waals surface area (Å²) < 4.78 is 16.7. The van der Waals surface area contributed by atoms with Crippen molar-refractivity contribution in [1.29, 1.82) is 0 Å². The second kappa shape index (κ2) is 7.93. The van der Waals surface area contributed by atoms with Gasteiger partial charge in [0.2, 0.25) is 5.91 Å². The number of aryl methyl sites for hydroxylation is 2. The van der Waals surface area contributed by atoms with E-state index in [1.54, 1.807) is 41.5 Å². The first kappa shape index (κ1) is 21.0. The van der Waals surface area contributed by atoms with Crippen LogP contribution in [0.4, 0.5) is 15.9 Å². The maximum Gasteiger partial charge on any atom is 0.229 e. The smallest absolute Gasteiger partial charge is 0.229 e. The highest BCUT2D eigenvalue weighted by atomic mass is 19.1. The number of halogens is 1. The van der Waals surface area contributed by atoms with Crippen LogP contribution in [-0.4, -0.2) is 37.4 Å². The average molecular weight is 446 g/mol. The van der Waals surface area contributed by atoms with Gasteiger partial charge in [0, 0.05) is 66.8 Å². The predicted molar refractivity (Wildman–Crippen MR) is 123 cm³/mol. The molecule has 1 aliphatic carbocycles. The molecule has 4 aromatic rings. The average Bonchev–Trinajstić information content (AvgIpc) is 3.39. The first-order valence-electron chi connectivity index (χ1n) is 10.6. The van der Waals surface area contributed by atoms with Gasteiger partial charge in [-0.25, -0.2) is 9.37 Å². The van der Waals surface area contributed by atoms with E-state index < -0.39 is 5.82 Å². The molecular weight excluding hydrogens is 423 g/mol. The monoisotopic (exact) mass is 446 g/mol. The molecule has 8 nitrogen and oxygen atoms in total. The van der Waals surface area contributed by atoms with E-state index in [-0.39, 0.29) is 36.0 Å². The number of nitrogen functional groups attached to an aromatic ring is 1. The fraction of sp³-hybridized carbons (Fsp3) is 0.250. The van der Waals surface area contributed by atoms with Gasteiger partial charge in [0.05, 0.1) is 17.8 Å². The number of amides is 1. The maximum atomic E-state index is 15.0. The number of benzene rings is 1. The second-order valence-corrected chi connectivity index (χ2v) is 8.47. The number of nitrogens with one attached hydrogen (secondary N) is 1. The molecule has 33 heavy (non-hydrogen) atoms. The van der Waals surface area contributed by atoms with Gasteiger partial charge in [0.1, 0.15) is 5.82 Å². The minimum atomic E-state index is -0.528. The van der Waals surface area contributed by atoms with E-state index in [0.717, 1.165) is 11.1 Å². The Morgan fingerprint density at radius 3 is 2.79 bits per heavy atom. The molecule has 3 heterocycles. The van der Waals surface area contributed by atoms with Gasteiger partial charge in [-0.05, 0) is 41.6 Å². The van der Waals surface area contributed by atoms with Gasteiger partial charge in [-0.2, -0.15) is 5.10 Å². The van der Waals surface area contributed by atoms with Crippen molar-refractivity contribution >= 4 is 28.2 Å². The fourth-order valence-electron chi connectivity index (χ4n) is 4.54. The zero-order chi connectivity index (χ0) is 23.3. The Kier molecular flexibility index (Phi) is 5.05. The molecule has 1 amide bonds. The van der Waals surface area contributed by atoms with Crippen molar-refractivity contribution in [1.82, 2.24) is 19.7 Å². The summed E-state index contributed by atoms with van der Waals surface area (Å²) in [6.45, 7) is 1.79. The van der Waals surface area contributed by atoms with Crippen molar-refractivity contribution in [3.63, 3.8) is 0 Å². The maximum absolute atomic E-state index is 15.0. The highest BCUT2D eigenvalue weighted by molar-refractivity contribution is 6.00. The molecule has 0 unspecified atom stereocenters. The SMILES string of the molecule is Cc1ccncc1-c1cc2cc(NC(=O)[C@H]3[C@@H](CO)[C@@H]3c3cnn(C)c3)ncc2c(N)c1F. The molecule has 0 aliphatic heterocycles. The molecule has 0 saturated heterocycles. The largest absolute Gasteiger partial charge is 0.396 e. The summed E-state index contributed by atoms with van der Waals surface area (Å²) in [5.74, 6) is -1.05. The topological polar surface area (TPSA) is 119 Å². The lowest BCUT2D eigenvalue weighted by atomic mass is 9.98. The van der Waals surface area contributed by atoms with Gasteiger partial charge in [-0.15, -0.1) is 0 Å². The number of pyridine rings is 2. The van der Waals surface area contributed by atoms with Gasteiger partial charge < -0.3 is 16.2 Å². The van der Waals surface area contributed by atoms with Crippen LogP contribution in [0.15, 0.2) is 49.2 Å². The van der Waals surface area contributed by atoms with Crippen molar-refractivity contribution in [3.8, 4) is 11.1 Å². The van der Waals surface area contributed by atoms with Crippen LogP contribution in [-0.2, 0) is 11.8 Å². The molecule has 3 atom stereocenters. The summed E-state index contributed by atoms with van der Waals surface area (Å²) in [7, 11) is 1.81. The van der Waals surface area contributed by atoms with Crippen LogP contribution in [0.5, 0.6) is 0 Å². The summed E-state index contributed by atoms with van der Waals surface area (Å²) >= 11 is 0. The van der Waals surface area contributed by atoms with E-state index in [0.29, 0.717) is 27.7 Å². The Morgan fingerprint density at radius 2 is 2.09 bits per heavy atom. The number of nitrogens with two attached hydrogens (primary N) is 1. The Balaban J connectivity index is 1.45. The van der Waals surface area contributed by atoms with Crippen molar-refractivity contribution in [2.24, 2.45) is 18.9 Å². The molecule has 0 radical (unpaired) electrons. The highest BCUT2D eigenvalue weighted by Crippen LogP contribution is 2.54. The van der Waals surface area contributed by atoms with Crippen LogP contribution in [0.1, 0.15) is 17.0 Å². The van der Waals surface area contributed by atoms with Crippen molar-refractivity contribution in [2.45, 2.75) is 12.8 Å². The number of carbonyl (C=O) groups is 1. The molecule has 0 bridgehead atoms. The quantitative estimate of drug-likeness (QED) is 0.406. The first-order valence-corrected chi connectivity index (χ1v) is 10.6. The molecule has 3 aromatic heterocycles. The second-order valence-electron chi connectivity index (χ2n) is 8.47. The minimum absolute atomic E-state index is 0.00434. The Bertz CT molecular complexity index is 1380. The summed E-state index contributed by atoms with van der Waals surface area (Å²) in [4.78, 5) is 21.3. The van der Waals surface area contributed by atoms with E-state index in [1.807, 2.05) is 20.2 Å². The van der Waals surface area contributed by atoms with E-state index in [9.17, 15) is 9.90 Å². The Hall–Kier alpha value is -3.85. The summed E-state index contributed by atoms with van der Waals surface area (Å²) in [5, 5.41) is 17.8. The predicted octanol–water partition coefficient (Wildman–Crippen LogP) is 3.02. The lowest BCUT2D eigenvalue weighted by molar-refractivity contribution is -0.117. The van der Waals surface area contributed by atoms with E-state index in [2.05, 4.69) is 20.4 Å². The molecule has 4 N–H and O–H groups in total. The molecule has 9 heteroatoms. The van der Waals surface area contributed by atoms with Crippen LogP contribution >= 0.6 is 0 Å². The lowest BCUT2D eigenvalue weighted by Gasteiger charge is -2.12. The third-order valence-electron chi connectivity index (χ3n) is 6.37. The third kappa shape index (κ3) is 3.60. The number of hydrogen-bond donors (Lipinski definition) is 3. The Morgan fingerprint density at radius 1 is 1.27 bits per heavy atom. The minimum Gasteiger partial charge on any atom is -0.396 e. The van der Waals surface area contributed by atoms with Gasteiger partial charge in [0.15, 0.2) is 5.82 Å². The van der Waals surface area contributed by atoms with E-state index >= 15 is 4.39 Å². The molecule has 1 saturated carbocycles. The number of aromatic nitrogens is 4. The van der Waals surface area contributed by atoms with Gasteiger partial charge in [-0.1, -0.05) is 0 Å². The normalized spacial score (nSPS) is 19.6. The van der Waals surface area contributed by atoms with Crippen LogP contribution < -0.4 is 11.1 Å². The molecule has 168 valence electrons. The third-order valence-corrected chi connectivity index (χ3v) is 6.37. The number of aliphatic hydroxyl groups excluding tert-OH is 1. The molecular formula is C24H23FN6O2. The van der Waals surface area contributed by atoms with Crippen molar-refractivity contribution in [2.75, 3.05) is 17.7 Å². The first-order chi connectivity index (χ1) is 15.9. The van der Waals surface area contributed by atoms with Gasteiger partial charge >= 0.3 is 0 Å². The van der Waals surface area contributed by atoms with E-state index in [1.165, 1.54) is 6.20 Å². The summed E-state index contributed by atoms with van der Waals surface area (Å²) in [5.41, 5.74) is 8.85. The van der Waals surface area contributed by atoms with E-state index in [4.69, 9.17) is 5.73 Å². The molecule has 1 aromatic carbocycles. The highest BCUT2D eigenvalue weighted by Gasteiger charge is 2.55. The number of nitrogens with zero attached hydrogens (tertiary/aromatic N) is 4. The summed E-state index contributed by atoms with van der Waals surface area (Å²) in [6, 6.07) is 5.17. The van der Waals surface area contributed by atoms with Gasteiger partial charge in [-0.3, -0.25) is 14.5 Å². The summed E-state index contributed by atoms with van der Waals surface area (Å²) in [6.07, 6.45) is 8.28. The van der Waals surface area contributed by atoms with Crippen molar-refractivity contribution in [3.05, 3.63) is 66.1 Å². The fourth-order valence-corrected chi connectivity index (χ4v) is 4.54. The van der Waals surface area contributed by atoms with Gasteiger partial charge in [0.25, 0.3) is 0 Å². The van der Waals surface area contributed by atoms with Crippen LogP contribution in [0, 0.1) is 24.6 Å². The zero-order valence-corrected chi connectivity index (χ0v) is 18.2. The molecule has 1 fully saturated rings. The molecule has 1 aliphatic rings. The molecule has 5 rings (SSSR count). The number of aliphatic hydroxyl groups is 1. The zero-order valence-electron chi connectivity index (χ0n) is 18.2. The van der Waals surface area contributed by atoms with Crippen LogP contribution in [0.25, 0.3) is 21.9 Å². The number of hydrogen-bond acceptors (Lipinski definition) is 6. The standard InChI is InChI=1S/C24H23FN6O2/c1-12-3-4-27-8-16(12)15-5-13-6-19(28-9-17(13)23(26)22(15)25)30-24(33)21-18(11-32)20(21)14-7-29-31(2)10-14/h3-10,18,20-21,32H,11,26H2,1-2H3,(H,28,30,33)/t18-,20-,21-/m0/s1. The number of fused-ring (bicyclic) bond motifs is 1. The van der Waals surface area contributed by atoms with Crippen LogP contribution in [0.2, 0.25) is 0 Å². The number of anilines is 2. The van der Waals surface area contributed by atoms with Crippen molar-refractivity contribution < 1.29 is 14.3 Å². The number of rotatable bonds is 5. The lowest BCUT2D eigenvalue weighted by Crippen LogP contribution is -2.17. The number of carbonyl (C=O) groups excluding carboxylic acids is 1. The molecule has 0 spiro atoms. The van der Waals surface area contributed by atoms with Crippen LogP contribution in [0.3, 0.4) is 0 Å². The Labute approximate surface area is 189 Å².